The smallest absolute Gasteiger partial charge is 0.360 e. The van der Waals surface area contributed by atoms with Crippen LogP contribution in [0.4, 0.5) is 36.6 Å². The number of fused-ring (bicyclic) bond motifs is 2. The second-order valence-corrected chi connectivity index (χ2v) is 15.4. The van der Waals surface area contributed by atoms with Crippen LogP contribution in [0, 0.1) is 23.5 Å². The fourth-order valence-electron chi connectivity index (χ4n) is 7.60. The average molecular weight is 849 g/mol. The molecule has 10 nitrogen and oxygen atoms in total. The first-order chi connectivity index (χ1) is 27.4. The molecule has 2 aliphatic rings. The summed E-state index contributed by atoms with van der Waals surface area (Å²) in [5.74, 6) is -1.15. The van der Waals surface area contributed by atoms with Gasteiger partial charge in [0, 0.05) is 55.6 Å². The van der Waals surface area contributed by atoms with Crippen LogP contribution in [-0.4, -0.2) is 62.0 Å². The first kappa shape index (κ1) is 41.3. The highest BCUT2D eigenvalue weighted by Gasteiger charge is 2.53. The fraction of sp³-hybridized carbons (Fsp3) is 0.385. The van der Waals surface area contributed by atoms with E-state index in [1.165, 1.54) is 18.9 Å². The molecule has 1 amide bonds. The van der Waals surface area contributed by atoms with Crippen LogP contribution < -0.4 is 15.4 Å². The quantitative estimate of drug-likeness (QED) is 0.0781. The van der Waals surface area contributed by atoms with E-state index < -0.39 is 77.1 Å². The largest absolute Gasteiger partial charge is 0.435 e. The van der Waals surface area contributed by atoms with E-state index in [0.717, 1.165) is 12.1 Å². The minimum atomic E-state index is -5.07. The monoisotopic (exact) mass is 848 g/mol. The number of morpholine rings is 1. The molecule has 2 aromatic carbocycles. The molecular weight excluding hydrogens is 813 g/mol. The zero-order valence-electron chi connectivity index (χ0n) is 31.4. The number of hydrogen-bond acceptors (Lipinski definition) is 8. The lowest BCUT2D eigenvalue weighted by Gasteiger charge is -2.29. The molecule has 0 radical (unpaired) electrons. The Morgan fingerprint density at radius 2 is 1.86 bits per heavy atom. The predicted octanol–water partition coefficient (Wildman–Crippen LogP) is 7.90. The van der Waals surface area contributed by atoms with Gasteiger partial charge >= 0.3 is 6.18 Å². The van der Waals surface area contributed by atoms with Crippen LogP contribution in [0.15, 0.2) is 42.5 Å². The number of benzene rings is 2. The molecular formula is C39H36ClF7N8O2S. The van der Waals surface area contributed by atoms with Crippen molar-refractivity contribution in [1.29, 1.82) is 0 Å². The van der Waals surface area contributed by atoms with Crippen LogP contribution in [0.3, 0.4) is 0 Å². The Labute approximate surface area is 337 Å². The van der Waals surface area contributed by atoms with Gasteiger partial charge in [-0.05, 0) is 61.1 Å². The molecule has 4 heterocycles. The van der Waals surface area contributed by atoms with Gasteiger partial charge in [0.25, 0.3) is 5.92 Å². The van der Waals surface area contributed by atoms with E-state index in [9.17, 15) is 26.7 Å². The summed E-state index contributed by atoms with van der Waals surface area (Å²) in [6.07, 6.45) is -4.46. The second kappa shape index (κ2) is 15.7. The first-order valence-corrected chi connectivity index (χ1v) is 19.6. The van der Waals surface area contributed by atoms with Crippen molar-refractivity contribution in [3.8, 4) is 23.0 Å². The number of pyridine rings is 1. The number of aromatic nitrogens is 5. The molecule has 0 saturated carbocycles. The third kappa shape index (κ3) is 8.22. The van der Waals surface area contributed by atoms with E-state index in [1.807, 2.05) is 0 Å². The van der Waals surface area contributed by atoms with Crippen LogP contribution in [-0.2, 0) is 41.6 Å². The van der Waals surface area contributed by atoms with E-state index in [4.69, 9.17) is 21.3 Å². The summed E-state index contributed by atoms with van der Waals surface area (Å²) < 4.78 is 113. The number of anilines is 1. The van der Waals surface area contributed by atoms with Gasteiger partial charge in [-0.2, -0.15) is 32.1 Å². The number of rotatable bonds is 9. The third-order valence-electron chi connectivity index (χ3n) is 9.95. The summed E-state index contributed by atoms with van der Waals surface area (Å²) in [5, 5.41) is 14.9. The van der Waals surface area contributed by atoms with E-state index >= 15 is 8.78 Å². The molecule has 3 N–H and O–H groups in total. The van der Waals surface area contributed by atoms with Gasteiger partial charge < -0.3 is 20.1 Å². The van der Waals surface area contributed by atoms with Crippen LogP contribution >= 0.6 is 23.5 Å². The van der Waals surface area contributed by atoms with Crippen molar-refractivity contribution in [2.24, 2.45) is 7.05 Å². The van der Waals surface area contributed by atoms with Crippen LogP contribution in [0.2, 0.25) is 5.02 Å². The van der Waals surface area contributed by atoms with Crippen molar-refractivity contribution in [3.63, 3.8) is 0 Å². The summed E-state index contributed by atoms with van der Waals surface area (Å²) in [5.41, 5.74) is -2.15. The molecule has 0 bridgehead atoms. The molecule has 3 atom stereocenters. The lowest BCUT2D eigenvalue weighted by molar-refractivity contribution is -0.142. The van der Waals surface area contributed by atoms with Crippen LogP contribution in [0.5, 0.6) is 0 Å². The number of amides is 1. The number of aryl methyl sites for hydroxylation is 1. The topological polar surface area (TPSA) is 111 Å². The minimum absolute atomic E-state index is 0.0779. The molecule has 0 spiro atoms. The second-order valence-electron chi connectivity index (χ2n) is 14.4. The Hall–Kier alpha value is -4.83. The average Bonchev–Trinajstić information content (AvgIpc) is 3.77. The number of carbonyl (C=O) groups excluding carboxylic acids is 1. The van der Waals surface area contributed by atoms with Crippen molar-refractivity contribution < 1.29 is 40.3 Å². The van der Waals surface area contributed by atoms with Gasteiger partial charge in [0.05, 0.1) is 34.3 Å². The number of nitrogens with zero attached hydrogens (tertiary/aromatic N) is 5. The highest BCUT2D eigenvalue weighted by atomic mass is 35.5. The van der Waals surface area contributed by atoms with Crippen molar-refractivity contribution >= 4 is 46.2 Å². The maximum absolute atomic E-state index is 15.3. The molecule has 7 rings (SSSR count). The lowest BCUT2D eigenvalue weighted by atomic mass is 9.93. The number of halogens is 8. The van der Waals surface area contributed by atoms with Crippen molar-refractivity contribution in [2.75, 3.05) is 30.7 Å². The standard InChI is InChI=1S/C39H36ClF7N8O2S/c1-20-17-38(43,44)35-30(20)34(39(45,46)47)51-55(35)18-29(56)50-28(15-21-13-22(41)16-23(42)14-21)32-25(6-5-24(49-32)9-10-37(2)19-48-11-12-57-37)26-7-8-27(40)31-33(26)54(3)52-36(31)53-58-4/h5-8,13-14,16,20,28,48H,11-12,15,17-19H2,1-4H3,(H,50,56)(H,52,53)/t20-,28?,37?/m0/s1. The number of nitrogens with one attached hydrogen (secondary N) is 3. The molecule has 306 valence electrons. The van der Waals surface area contributed by atoms with Crippen molar-refractivity contribution in [1.82, 2.24) is 35.2 Å². The van der Waals surface area contributed by atoms with Gasteiger partial charge in [-0.15, -0.1) is 0 Å². The molecule has 1 fully saturated rings. The summed E-state index contributed by atoms with van der Waals surface area (Å²) >= 11 is 7.98. The molecule has 1 aliphatic carbocycles. The molecule has 58 heavy (non-hydrogen) atoms. The SMILES string of the molecule is CSNc1nn(C)c2c(-c3ccc(C#CC4(C)CNCCO4)nc3C(Cc3cc(F)cc(F)c3)NC(=O)Cn3nc(C(F)(F)F)c4c3C(F)(F)C[C@@H]4C)ccc(Cl)c12. The first-order valence-electron chi connectivity index (χ1n) is 18.0. The normalized spacial score (nSPS) is 19.4. The van der Waals surface area contributed by atoms with E-state index in [2.05, 4.69) is 37.4 Å². The number of carbonyl (C=O) groups is 1. The summed E-state index contributed by atoms with van der Waals surface area (Å²) in [6.45, 7) is 3.49. The molecule has 3 aromatic heterocycles. The van der Waals surface area contributed by atoms with E-state index in [0.29, 0.717) is 63.3 Å². The van der Waals surface area contributed by atoms with Gasteiger partial charge in [-0.3, -0.25) is 14.2 Å². The van der Waals surface area contributed by atoms with Crippen molar-refractivity contribution in [3.05, 3.63) is 93.0 Å². The molecule has 19 heteroatoms. The summed E-state index contributed by atoms with van der Waals surface area (Å²) in [6, 6.07) is 8.18. The van der Waals surface area contributed by atoms with Crippen LogP contribution in [0.1, 0.15) is 66.1 Å². The number of hydrogen-bond donors (Lipinski definition) is 3. The zero-order valence-corrected chi connectivity index (χ0v) is 33.0. The van der Waals surface area contributed by atoms with Crippen molar-refractivity contribution in [2.45, 2.75) is 62.9 Å². The molecule has 5 aromatic rings. The Balaban J connectivity index is 1.39. The molecule has 2 unspecified atom stereocenters. The lowest BCUT2D eigenvalue weighted by Crippen LogP contribution is -2.46. The Morgan fingerprint density at radius 1 is 1.14 bits per heavy atom. The Morgan fingerprint density at radius 3 is 2.53 bits per heavy atom. The zero-order chi connectivity index (χ0) is 41.7. The maximum Gasteiger partial charge on any atom is 0.435 e. The van der Waals surface area contributed by atoms with Gasteiger partial charge in [0.1, 0.15) is 35.2 Å². The predicted molar refractivity (Wildman–Crippen MR) is 205 cm³/mol. The minimum Gasteiger partial charge on any atom is -0.360 e. The Bertz CT molecular complexity index is 2450. The van der Waals surface area contributed by atoms with E-state index in [-0.39, 0.29) is 23.4 Å². The third-order valence-corrected chi connectivity index (χ3v) is 10.7. The Kier molecular flexibility index (Phi) is 11.2. The van der Waals surface area contributed by atoms with Gasteiger partial charge in [0.2, 0.25) is 5.91 Å². The maximum atomic E-state index is 15.3. The number of ether oxygens (including phenoxy) is 1. The van der Waals surface area contributed by atoms with Crippen LogP contribution in [0.25, 0.3) is 22.0 Å². The van der Waals surface area contributed by atoms with Gasteiger partial charge in [-0.1, -0.05) is 42.5 Å². The highest BCUT2D eigenvalue weighted by molar-refractivity contribution is 7.99. The van der Waals surface area contributed by atoms with Gasteiger partial charge in [-0.25, -0.2) is 13.8 Å². The van der Waals surface area contributed by atoms with Gasteiger partial charge in [0.15, 0.2) is 11.5 Å². The molecule has 1 saturated heterocycles. The highest BCUT2D eigenvalue weighted by Crippen LogP contribution is 2.52. The fourth-order valence-corrected chi connectivity index (χ4v) is 8.17. The summed E-state index contributed by atoms with van der Waals surface area (Å²) in [4.78, 5) is 18.9. The van der Waals surface area contributed by atoms with E-state index in [1.54, 1.807) is 49.2 Å². The molecule has 1 aliphatic heterocycles. The summed E-state index contributed by atoms with van der Waals surface area (Å²) in [7, 11) is 1.70. The number of alkyl halides is 5.